The van der Waals surface area contributed by atoms with E-state index in [9.17, 15) is 13.6 Å². The van der Waals surface area contributed by atoms with E-state index in [1.807, 2.05) is 0 Å². The van der Waals surface area contributed by atoms with Crippen LogP contribution in [0.4, 0.5) is 14.5 Å². The van der Waals surface area contributed by atoms with Gasteiger partial charge in [-0.15, -0.1) is 0 Å². The van der Waals surface area contributed by atoms with E-state index < -0.39 is 28.6 Å². The van der Waals surface area contributed by atoms with E-state index in [0.29, 0.717) is 12.8 Å². The van der Waals surface area contributed by atoms with Crippen LogP contribution in [0.1, 0.15) is 12.8 Å². The molecule has 1 aliphatic carbocycles. The second kappa shape index (κ2) is 4.76. The fraction of sp³-hybridized carbons (Fsp3) is 0.273. The van der Waals surface area contributed by atoms with E-state index in [0.717, 1.165) is 12.1 Å². The minimum absolute atomic E-state index is 0.220. The summed E-state index contributed by atoms with van der Waals surface area (Å²) < 4.78 is 27.4. The predicted molar refractivity (Wildman–Crippen MR) is 67.8 cm³/mol. The maximum Gasteiger partial charge on any atom is 0.238 e. The number of benzene rings is 1. The molecule has 1 amide bonds. The van der Waals surface area contributed by atoms with E-state index in [4.69, 9.17) is 10.9 Å². The molecule has 1 aromatic carbocycles. The number of hydrogen-bond acceptors (Lipinski definition) is 3. The van der Waals surface area contributed by atoms with Crippen LogP contribution in [-0.2, 0) is 4.79 Å². The van der Waals surface area contributed by atoms with Crippen LogP contribution in [-0.4, -0.2) is 17.0 Å². The van der Waals surface area contributed by atoms with Crippen molar-refractivity contribution in [3.8, 4) is 0 Å². The Labute approximate surface area is 115 Å². The van der Waals surface area contributed by atoms with E-state index >= 15 is 0 Å². The molecule has 19 heavy (non-hydrogen) atoms. The number of amidine groups is 1. The van der Waals surface area contributed by atoms with Crippen LogP contribution in [0.25, 0.3) is 0 Å². The lowest BCUT2D eigenvalue weighted by atomic mass is 10.1. The number of nitrogens with zero attached hydrogens (tertiary/aromatic N) is 1. The second-order valence-electron chi connectivity index (χ2n) is 4.27. The van der Waals surface area contributed by atoms with Crippen molar-refractivity contribution >= 4 is 33.4 Å². The van der Waals surface area contributed by atoms with E-state index in [2.05, 4.69) is 26.4 Å². The number of carbonyl (C=O) groups excluding carboxylic acids is 1. The number of amides is 1. The van der Waals surface area contributed by atoms with Gasteiger partial charge in [0.05, 0.1) is 0 Å². The highest BCUT2D eigenvalue weighted by Crippen LogP contribution is 2.47. The highest BCUT2D eigenvalue weighted by Gasteiger charge is 2.54. The average molecular weight is 334 g/mol. The lowest BCUT2D eigenvalue weighted by Crippen LogP contribution is -2.36. The third kappa shape index (κ3) is 2.40. The normalized spacial score (nSPS) is 17.1. The number of oxime groups is 1. The first-order chi connectivity index (χ1) is 8.90. The Bertz CT molecular complexity index is 550. The summed E-state index contributed by atoms with van der Waals surface area (Å²) in [4.78, 5) is 12.0. The van der Waals surface area contributed by atoms with Gasteiger partial charge in [0, 0.05) is 4.47 Å². The molecule has 0 bridgehead atoms. The first-order valence-electron chi connectivity index (χ1n) is 5.35. The minimum Gasteiger partial charge on any atom is -0.409 e. The molecular weight excluding hydrogens is 324 g/mol. The Morgan fingerprint density at radius 2 is 1.95 bits per heavy atom. The van der Waals surface area contributed by atoms with Gasteiger partial charge in [-0.25, -0.2) is 8.78 Å². The number of carbonyl (C=O) groups is 1. The van der Waals surface area contributed by atoms with Crippen molar-refractivity contribution in [1.29, 1.82) is 0 Å². The maximum atomic E-state index is 13.6. The van der Waals surface area contributed by atoms with Crippen molar-refractivity contribution in [2.75, 3.05) is 5.32 Å². The number of halogens is 3. The zero-order valence-corrected chi connectivity index (χ0v) is 11.2. The van der Waals surface area contributed by atoms with Gasteiger partial charge in [0.1, 0.15) is 11.1 Å². The fourth-order valence-corrected chi connectivity index (χ4v) is 2.12. The van der Waals surface area contributed by atoms with Crippen molar-refractivity contribution < 1.29 is 18.8 Å². The lowest BCUT2D eigenvalue weighted by molar-refractivity contribution is -0.119. The van der Waals surface area contributed by atoms with Gasteiger partial charge in [0.25, 0.3) is 0 Å². The average Bonchev–Trinajstić information content (AvgIpc) is 3.13. The highest BCUT2D eigenvalue weighted by molar-refractivity contribution is 9.10. The number of hydrogen-bond donors (Lipinski definition) is 3. The molecule has 8 heteroatoms. The van der Waals surface area contributed by atoms with Crippen molar-refractivity contribution in [2.24, 2.45) is 16.3 Å². The predicted octanol–water partition coefficient (Wildman–Crippen LogP) is 2.19. The van der Waals surface area contributed by atoms with Crippen molar-refractivity contribution in [1.82, 2.24) is 0 Å². The molecule has 0 aliphatic heterocycles. The summed E-state index contributed by atoms with van der Waals surface area (Å²) in [5.41, 5.74) is 3.70. The van der Waals surface area contributed by atoms with Gasteiger partial charge in [-0.3, -0.25) is 4.79 Å². The Kier molecular flexibility index (Phi) is 3.44. The smallest absolute Gasteiger partial charge is 0.238 e. The molecule has 0 aromatic heterocycles. The van der Waals surface area contributed by atoms with Gasteiger partial charge in [-0.1, -0.05) is 21.1 Å². The van der Waals surface area contributed by atoms with Crippen molar-refractivity contribution in [2.45, 2.75) is 12.8 Å². The molecule has 0 saturated heterocycles. The van der Waals surface area contributed by atoms with E-state index in [1.165, 1.54) is 0 Å². The van der Waals surface area contributed by atoms with Crippen LogP contribution in [0.15, 0.2) is 21.8 Å². The summed E-state index contributed by atoms with van der Waals surface area (Å²) in [6, 6.07) is 2.06. The molecule has 0 unspecified atom stereocenters. The standard InChI is InChI=1S/C11H10BrF2N3O2/c12-5-3-6(13)8(7(14)4-5)16-10(18)11(1-2-11)9(15)17-19/h3-4,19H,1-2H2,(H2,15,17)(H,16,18). The van der Waals surface area contributed by atoms with Crippen molar-refractivity contribution in [3.05, 3.63) is 28.2 Å². The van der Waals surface area contributed by atoms with Crippen LogP contribution in [0, 0.1) is 17.0 Å². The first kappa shape index (κ1) is 13.7. The molecule has 0 heterocycles. The van der Waals surface area contributed by atoms with Gasteiger partial charge >= 0.3 is 0 Å². The quantitative estimate of drug-likeness (QED) is 0.343. The van der Waals surface area contributed by atoms with Gasteiger partial charge in [0.2, 0.25) is 5.91 Å². The summed E-state index contributed by atoms with van der Waals surface area (Å²) in [5.74, 6) is -2.77. The molecule has 5 nitrogen and oxygen atoms in total. The van der Waals surface area contributed by atoms with Gasteiger partial charge in [-0.2, -0.15) is 0 Å². The van der Waals surface area contributed by atoms with Gasteiger partial charge in [0.15, 0.2) is 17.5 Å². The Hall–Kier alpha value is -1.70. The van der Waals surface area contributed by atoms with Gasteiger partial charge < -0.3 is 16.3 Å². The number of nitrogens with one attached hydrogen (secondary N) is 1. The molecule has 102 valence electrons. The zero-order valence-electron chi connectivity index (χ0n) is 9.58. The molecule has 0 spiro atoms. The highest BCUT2D eigenvalue weighted by atomic mass is 79.9. The SMILES string of the molecule is NC(=NO)C1(C(=O)Nc2c(F)cc(Br)cc2F)CC1. The number of nitrogens with two attached hydrogens (primary N) is 1. The summed E-state index contributed by atoms with van der Waals surface area (Å²) in [7, 11) is 0. The summed E-state index contributed by atoms with van der Waals surface area (Å²) in [6.07, 6.45) is 0.739. The fourth-order valence-electron chi connectivity index (χ4n) is 1.72. The van der Waals surface area contributed by atoms with E-state index in [-0.39, 0.29) is 10.3 Å². The topological polar surface area (TPSA) is 87.7 Å². The molecule has 1 aliphatic rings. The largest absolute Gasteiger partial charge is 0.409 e. The molecule has 1 saturated carbocycles. The molecule has 1 fully saturated rings. The molecule has 2 rings (SSSR count). The van der Waals surface area contributed by atoms with Crippen LogP contribution in [0.3, 0.4) is 0 Å². The minimum atomic E-state index is -1.17. The third-order valence-electron chi connectivity index (χ3n) is 3.03. The van der Waals surface area contributed by atoms with Crippen LogP contribution in [0.2, 0.25) is 0 Å². The van der Waals surface area contributed by atoms with E-state index in [1.54, 1.807) is 0 Å². The Balaban J connectivity index is 2.26. The third-order valence-corrected chi connectivity index (χ3v) is 3.49. The Morgan fingerprint density at radius 3 is 2.37 bits per heavy atom. The lowest BCUT2D eigenvalue weighted by Gasteiger charge is -2.14. The first-order valence-corrected chi connectivity index (χ1v) is 6.14. The Morgan fingerprint density at radius 1 is 1.42 bits per heavy atom. The molecule has 4 N–H and O–H groups in total. The molecule has 1 aromatic rings. The molecule has 0 radical (unpaired) electrons. The van der Waals surface area contributed by atoms with Gasteiger partial charge in [-0.05, 0) is 25.0 Å². The second-order valence-corrected chi connectivity index (χ2v) is 5.18. The maximum absolute atomic E-state index is 13.6. The molecular formula is C11H10BrF2N3O2. The number of anilines is 1. The van der Waals surface area contributed by atoms with Crippen LogP contribution >= 0.6 is 15.9 Å². The van der Waals surface area contributed by atoms with Crippen LogP contribution in [0.5, 0.6) is 0 Å². The summed E-state index contributed by atoms with van der Waals surface area (Å²) in [6.45, 7) is 0. The van der Waals surface area contributed by atoms with Crippen LogP contribution < -0.4 is 11.1 Å². The summed E-state index contributed by atoms with van der Waals surface area (Å²) in [5, 5.41) is 13.5. The number of rotatable bonds is 3. The van der Waals surface area contributed by atoms with Crippen molar-refractivity contribution in [3.63, 3.8) is 0 Å². The molecule has 0 atom stereocenters. The monoisotopic (exact) mass is 333 g/mol. The summed E-state index contributed by atoms with van der Waals surface area (Å²) >= 11 is 2.93. The zero-order chi connectivity index (χ0) is 14.2.